The van der Waals surface area contributed by atoms with E-state index in [-0.39, 0.29) is 0 Å². The maximum absolute atomic E-state index is 2.48. The lowest BCUT2D eigenvalue weighted by atomic mass is 9.94. The summed E-state index contributed by atoms with van der Waals surface area (Å²) in [5, 5.41) is 4.83. The third-order valence-corrected chi connectivity index (χ3v) is 11.8. The van der Waals surface area contributed by atoms with Crippen molar-refractivity contribution in [3.05, 3.63) is 243 Å². The molecule has 10 aromatic carbocycles. The second kappa shape index (κ2) is 15.1. The lowest BCUT2D eigenvalue weighted by Gasteiger charge is -2.30. The molecule has 282 valence electrons. The van der Waals surface area contributed by atoms with Gasteiger partial charge in [-0.2, -0.15) is 0 Å². The fourth-order valence-corrected chi connectivity index (χ4v) is 9.03. The van der Waals surface area contributed by atoms with E-state index in [1.54, 1.807) is 0 Å². The zero-order valence-electron chi connectivity index (χ0n) is 33.0. The van der Waals surface area contributed by atoms with Crippen molar-refractivity contribution in [1.29, 1.82) is 0 Å². The Morgan fingerprint density at radius 2 is 0.783 bits per heavy atom. The van der Waals surface area contributed by atoms with Gasteiger partial charge < -0.3 is 9.47 Å². The van der Waals surface area contributed by atoms with Crippen LogP contribution in [-0.4, -0.2) is 4.57 Å². The average Bonchev–Trinajstić information content (AvgIpc) is 3.66. The van der Waals surface area contributed by atoms with Crippen LogP contribution >= 0.6 is 0 Å². The predicted octanol–water partition coefficient (Wildman–Crippen LogP) is 16.1. The van der Waals surface area contributed by atoms with E-state index in [1.807, 2.05) is 0 Å². The van der Waals surface area contributed by atoms with Gasteiger partial charge in [0.15, 0.2) is 0 Å². The van der Waals surface area contributed by atoms with Gasteiger partial charge in [-0.3, -0.25) is 0 Å². The Hall–Kier alpha value is -7.94. The van der Waals surface area contributed by atoms with Crippen LogP contribution in [0.2, 0.25) is 0 Å². The third kappa shape index (κ3) is 6.14. The van der Waals surface area contributed by atoms with Crippen molar-refractivity contribution in [2.45, 2.75) is 0 Å². The zero-order valence-corrected chi connectivity index (χ0v) is 33.0. The van der Waals surface area contributed by atoms with Crippen LogP contribution in [0.4, 0.5) is 17.1 Å². The number of anilines is 3. The Balaban J connectivity index is 1.22. The van der Waals surface area contributed by atoms with Crippen molar-refractivity contribution >= 4 is 49.6 Å². The maximum atomic E-state index is 2.48. The molecule has 0 bridgehead atoms. The minimum atomic E-state index is 1.08. The number of hydrogen-bond acceptors (Lipinski definition) is 1. The van der Waals surface area contributed by atoms with E-state index in [4.69, 9.17) is 0 Å². The maximum Gasteiger partial charge on any atom is 0.0562 e. The van der Waals surface area contributed by atoms with Crippen LogP contribution in [0.25, 0.3) is 82.8 Å². The molecule has 60 heavy (non-hydrogen) atoms. The molecule has 0 amide bonds. The normalized spacial score (nSPS) is 11.3. The molecule has 0 radical (unpaired) electrons. The van der Waals surface area contributed by atoms with Crippen molar-refractivity contribution in [2.24, 2.45) is 0 Å². The van der Waals surface area contributed by atoms with E-state index in [2.05, 4.69) is 252 Å². The van der Waals surface area contributed by atoms with Crippen LogP contribution in [0, 0.1) is 0 Å². The molecular weight excluding hydrogens is 725 g/mol. The SMILES string of the molecule is c1ccc(-c2ccc(N(c3ccc4c5ccccc5n(-c5ccccc5-c5ccccc5)c4c3)c3ccc(-c4ccccc4)c4ccccc34)c(-c3ccccc3)c2)cc1. The van der Waals surface area contributed by atoms with Gasteiger partial charge in [-0.1, -0.05) is 200 Å². The first-order chi connectivity index (χ1) is 29.8. The molecule has 0 aliphatic rings. The molecule has 0 saturated carbocycles. The summed E-state index contributed by atoms with van der Waals surface area (Å²) in [7, 11) is 0. The molecule has 0 fully saturated rings. The largest absolute Gasteiger partial charge is 0.309 e. The highest BCUT2D eigenvalue weighted by Gasteiger charge is 2.23. The molecule has 0 aliphatic heterocycles. The second-order valence-electron chi connectivity index (χ2n) is 15.3. The minimum absolute atomic E-state index is 1.08. The molecule has 11 aromatic rings. The molecular formula is C58H40N2. The van der Waals surface area contributed by atoms with Crippen LogP contribution in [0.3, 0.4) is 0 Å². The lowest BCUT2D eigenvalue weighted by molar-refractivity contribution is 1.18. The van der Waals surface area contributed by atoms with Crippen molar-refractivity contribution < 1.29 is 0 Å². The van der Waals surface area contributed by atoms with Gasteiger partial charge in [-0.05, 0) is 81.2 Å². The summed E-state index contributed by atoms with van der Waals surface area (Å²) in [5.41, 5.74) is 16.2. The molecule has 11 rings (SSSR count). The Kier molecular flexibility index (Phi) is 8.87. The van der Waals surface area contributed by atoms with E-state index in [0.29, 0.717) is 0 Å². The molecule has 0 unspecified atom stereocenters. The summed E-state index contributed by atoms with van der Waals surface area (Å²) in [6.45, 7) is 0. The number of rotatable bonds is 8. The monoisotopic (exact) mass is 764 g/mol. The van der Waals surface area contributed by atoms with Crippen LogP contribution < -0.4 is 4.90 Å². The zero-order chi connectivity index (χ0) is 39.8. The summed E-state index contributed by atoms with van der Waals surface area (Å²) in [6.07, 6.45) is 0. The smallest absolute Gasteiger partial charge is 0.0562 e. The van der Waals surface area contributed by atoms with Crippen LogP contribution in [0.5, 0.6) is 0 Å². The van der Waals surface area contributed by atoms with Crippen LogP contribution in [0.1, 0.15) is 0 Å². The Bertz CT molecular complexity index is 3300. The summed E-state index contributed by atoms with van der Waals surface area (Å²) in [6, 6.07) is 88.0. The van der Waals surface area contributed by atoms with Gasteiger partial charge >= 0.3 is 0 Å². The number of fused-ring (bicyclic) bond motifs is 4. The first kappa shape index (κ1) is 35.2. The number of benzene rings is 10. The second-order valence-corrected chi connectivity index (χ2v) is 15.3. The summed E-state index contributed by atoms with van der Waals surface area (Å²) < 4.78 is 2.46. The van der Waals surface area contributed by atoms with Crippen molar-refractivity contribution in [3.8, 4) is 50.2 Å². The third-order valence-electron chi connectivity index (χ3n) is 11.8. The Labute approximate surface area is 350 Å². The van der Waals surface area contributed by atoms with E-state index in [1.165, 1.54) is 60.4 Å². The molecule has 0 atom stereocenters. The van der Waals surface area contributed by atoms with Crippen LogP contribution in [-0.2, 0) is 0 Å². The molecule has 2 heteroatoms. The fraction of sp³-hybridized carbons (Fsp3) is 0. The number of para-hydroxylation sites is 2. The molecule has 0 N–H and O–H groups in total. The van der Waals surface area contributed by atoms with Crippen molar-refractivity contribution in [2.75, 3.05) is 4.90 Å². The van der Waals surface area contributed by atoms with Gasteiger partial charge in [0.25, 0.3) is 0 Å². The first-order valence-electron chi connectivity index (χ1n) is 20.6. The summed E-state index contributed by atoms with van der Waals surface area (Å²) in [5.74, 6) is 0. The molecule has 1 heterocycles. The summed E-state index contributed by atoms with van der Waals surface area (Å²) >= 11 is 0. The van der Waals surface area contributed by atoms with E-state index >= 15 is 0 Å². The highest BCUT2D eigenvalue weighted by atomic mass is 15.1. The van der Waals surface area contributed by atoms with Gasteiger partial charge in [0.2, 0.25) is 0 Å². The van der Waals surface area contributed by atoms with Gasteiger partial charge in [0, 0.05) is 33.0 Å². The number of aromatic nitrogens is 1. The molecule has 0 aliphatic carbocycles. The van der Waals surface area contributed by atoms with Gasteiger partial charge in [-0.25, -0.2) is 0 Å². The van der Waals surface area contributed by atoms with Gasteiger partial charge in [0.05, 0.1) is 28.1 Å². The quantitative estimate of drug-likeness (QED) is 0.150. The molecule has 0 saturated heterocycles. The molecule has 1 aromatic heterocycles. The van der Waals surface area contributed by atoms with Gasteiger partial charge in [0.1, 0.15) is 0 Å². The fourth-order valence-electron chi connectivity index (χ4n) is 9.03. The van der Waals surface area contributed by atoms with Gasteiger partial charge in [-0.15, -0.1) is 0 Å². The Morgan fingerprint density at radius 1 is 0.267 bits per heavy atom. The topological polar surface area (TPSA) is 8.17 Å². The highest BCUT2D eigenvalue weighted by Crippen LogP contribution is 2.48. The first-order valence-corrected chi connectivity index (χ1v) is 20.6. The minimum Gasteiger partial charge on any atom is -0.309 e. The molecule has 0 spiro atoms. The van der Waals surface area contributed by atoms with Crippen molar-refractivity contribution in [3.63, 3.8) is 0 Å². The number of nitrogens with zero attached hydrogens (tertiary/aromatic N) is 2. The van der Waals surface area contributed by atoms with E-state index in [0.717, 1.165) is 39.4 Å². The van der Waals surface area contributed by atoms with Crippen LogP contribution in [0.15, 0.2) is 243 Å². The highest BCUT2D eigenvalue weighted by molar-refractivity contribution is 6.12. The predicted molar refractivity (Wildman–Crippen MR) is 255 cm³/mol. The lowest BCUT2D eigenvalue weighted by Crippen LogP contribution is -2.12. The number of hydrogen-bond donors (Lipinski definition) is 0. The van der Waals surface area contributed by atoms with E-state index < -0.39 is 0 Å². The van der Waals surface area contributed by atoms with Crippen molar-refractivity contribution in [1.82, 2.24) is 4.57 Å². The standard InChI is InChI=1S/C58H40N2/c1-5-19-41(20-6-1)45-33-37-57(53(39-45)44-25-11-4-12-26-44)59(56-38-36-47(42-21-7-2-8-22-42)49-28-13-14-29-50(49)56)46-34-35-52-51-30-16-18-32-55(51)60(58(52)40-46)54-31-17-15-27-48(54)43-23-9-3-10-24-43/h1-40H. The average molecular weight is 765 g/mol. The summed E-state index contributed by atoms with van der Waals surface area (Å²) in [4.78, 5) is 2.48. The Morgan fingerprint density at radius 3 is 1.48 bits per heavy atom. The molecule has 2 nitrogen and oxygen atoms in total. The van der Waals surface area contributed by atoms with E-state index in [9.17, 15) is 0 Å².